The zero-order chi connectivity index (χ0) is 14.3. The molecule has 1 fully saturated rings. The van der Waals surface area contributed by atoms with Crippen LogP contribution in [0.2, 0.25) is 0 Å². The fourth-order valence-corrected chi connectivity index (χ4v) is 3.14. The van der Waals surface area contributed by atoms with Crippen LogP contribution in [0, 0.1) is 11.3 Å². The lowest BCUT2D eigenvalue weighted by Crippen LogP contribution is -2.48. The van der Waals surface area contributed by atoms with E-state index in [-0.39, 0.29) is 0 Å². The molecule has 0 aliphatic heterocycles. The summed E-state index contributed by atoms with van der Waals surface area (Å²) in [6.45, 7) is 13.6. The largest absolute Gasteiger partial charge is 0.377 e. The van der Waals surface area contributed by atoms with E-state index in [1.807, 2.05) is 0 Å². The highest BCUT2D eigenvalue weighted by atomic mass is 16.5. The van der Waals surface area contributed by atoms with Crippen molar-refractivity contribution >= 4 is 0 Å². The van der Waals surface area contributed by atoms with Gasteiger partial charge in [-0.2, -0.15) is 0 Å². The molecule has 1 aliphatic rings. The van der Waals surface area contributed by atoms with Crippen LogP contribution in [0.3, 0.4) is 0 Å². The maximum Gasteiger partial charge on any atom is 0.0730 e. The average Bonchev–Trinajstić information content (AvgIpc) is 2.43. The Bertz CT molecular complexity index is 239. The van der Waals surface area contributed by atoms with Crippen LogP contribution in [0.5, 0.6) is 0 Å². The number of rotatable bonds is 8. The molecule has 0 saturated heterocycles. The molecule has 0 amide bonds. The van der Waals surface area contributed by atoms with Gasteiger partial charge in [0.2, 0.25) is 0 Å². The van der Waals surface area contributed by atoms with E-state index in [4.69, 9.17) is 4.74 Å². The molecule has 0 radical (unpaired) electrons. The third kappa shape index (κ3) is 5.07. The number of ether oxygens (including phenoxy) is 1. The van der Waals surface area contributed by atoms with Crippen molar-refractivity contribution in [3.63, 3.8) is 0 Å². The summed E-state index contributed by atoms with van der Waals surface area (Å²) in [6.07, 6.45) is 7.90. The van der Waals surface area contributed by atoms with Crippen LogP contribution < -0.4 is 5.32 Å². The molecule has 0 aromatic rings. The van der Waals surface area contributed by atoms with Gasteiger partial charge in [0.05, 0.1) is 6.10 Å². The quantitative estimate of drug-likeness (QED) is 0.706. The minimum Gasteiger partial charge on any atom is -0.377 e. The van der Waals surface area contributed by atoms with Crippen molar-refractivity contribution < 1.29 is 4.74 Å². The Kier molecular flexibility index (Phi) is 7.38. The summed E-state index contributed by atoms with van der Waals surface area (Å²) in [5, 5.41) is 3.70. The Morgan fingerprint density at radius 3 is 2.42 bits per heavy atom. The summed E-state index contributed by atoms with van der Waals surface area (Å²) in [5.74, 6) is 0.819. The van der Waals surface area contributed by atoms with Gasteiger partial charge in [0, 0.05) is 12.6 Å². The van der Waals surface area contributed by atoms with Crippen LogP contribution in [0.4, 0.5) is 0 Å². The lowest BCUT2D eigenvalue weighted by atomic mass is 9.68. The monoisotopic (exact) mass is 269 g/mol. The topological polar surface area (TPSA) is 21.3 Å². The molecule has 114 valence electrons. The number of hydrogen-bond acceptors (Lipinski definition) is 2. The molecule has 0 heterocycles. The summed E-state index contributed by atoms with van der Waals surface area (Å²) in [6, 6.07) is 0.579. The first-order valence-corrected chi connectivity index (χ1v) is 8.40. The van der Waals surface area contributed by atoms with Crippen molar-refractivity contribution in [2.75, 3.05) is 13.2 Å². The summed E-state index contributed by atoms with van der Waals surface area (Å²) in [5.41, 5.74) is 0.462. The smallest absolute Gasteiger partial charge is 0.0730 e. The van der Waals surface area contributed by atoms with E-state index >= 15 is 0 Å². The van der Waals surface area contributed by atoms with Gasteiger partial charge in [-0.3, -0.25) is 0 Å². The second-order valence-corrected chi connectivity index (χ2v) is 6.82. The molecule has 1 aliphatic carbocycles. The zero-order valence-corrected chi connectivity index (χ0v) is 13.8. The van der Waals surface area contributed by atoms with E-state index in [1.54, 1.807) is 0 Å². The molecule has 0 bridgehead atoms. The third-order valence-corrected chi connectivity index (χ3v) is 5.00. The standard InChI is InChI=1S/C17H35NO/c1-6-11-18-15-10-9-14(17(4,5)8-3)13-16(15)19-12-7-2/h14-16,18H,6-13H2,1-5H3. The second-order valence-electron chi connectivity index (χ2n) is 6.82. The van der Waals surface area contributed by atoms with Crippen molar-refractivity contribution in [1.82, 2.24) is 5.32 Å². The van der Waals surface area contributed by atoms with E-state index in [0.717, 1.165) is 25.5 Å². The van der Waals surface area contributed by atoms with Crippen LogP contribution in [0.25, 0.3) is 0 Å². The summed E-state index contributed by atoms with van der Waals surface area (Å²) < 4.78 is 6.15. The van der Waals surface area contributed by atoms with Crippen molar-refractivity contribution in [3.8, 4) is 0 Å². The SMILES string of the molecule is CCCNC1CCC(C(C)(C)CC)CC1OCCC. The number of nitrogens with one attached hydrogen (secondary N) is 1. The van der Waals surface area contributed by atoms with Crippen molar-refractivity contribution in [3.05, 3.63) is 0 Å². The molecule has 2 nitrogen and oxygen atoms in total. The summed E-state index contributed by atoms with van der Waals surface area (Å²) >= 11 is 0. The molecule has 1 saturated carbocycles. The summed E-state index contributed by atoms with van der Waals surface area (Å²) in [7, 11) is 0. The van der Waals surface area contributed by atoms with Crippen LogP contribution in [0.1, 0.15) is 73.1 Å². The van der Waals surface area contributed by atoms with Gasteiger partial charge in [0.1, 0.15) is 0 Å². The molecule has 2 heteroatoms. The molecular weight excluding hydrogens is 234 g/mol. The minimum absolute atomic E-state index is 0.427. The molecule has 3 atom stereocenters. The Labute approximate surface area is 120 Å². The van der Waals surface area contributed by atoms with Gasteiger partial charge < -0.3 is 10.1 Å². The lowest BCUT2D eigenvalue weighted by Gasteiger charge is -2.43. The lowest BCUT2D eigenvalue weighted by molar-refractivity contribution is -0.0308. The Morgan fingerprint density at radius 2 is 1.84 bits per heavy atom. The Balaban J connectivity index is 2.59. The molecule has 1 N–H and O–H groups in total. The predicted molar refractivity (Wildman–Crippen MR) is 83.5 cm³/mol. The van der Waals surface area contributed by atoms with Gasteiger partial charge in [-0.1, -0.05) is 41.0 Å². The molecule has 3 unspecified atom stereocenters. The summed E-state index contributed by atoms with van der Waals surface area (Å²) in [4.78, 5) is 0. The van der Waals surface area contributed by atoms with Crippen LogP contribution in [0.15, 0.2) is 0 Å². The molecule has 19 heavy (non-hydrogen) atoms. The number of hydrogen-bond donors (Lipinski definition) is 1. The second kappa shape index (κ2) is 8.26. The van der Waals surface area contributed by atoms with E-state index < -0.39 is 0 Å². The van der Waals surface area contributed by atoms with Crippen LogP contribution in [-0.4, -0.2) is 25.3 Å². The van der Waals surface area contributed by atoms with Gasteiger partial charge >= 0.3 is 0 Å². The van der Waals surface area contributed by atoms with Crippen LogP contribution >= 0.6 is 0 Å². The predicted octanol–water partition coefficient (Wildman–Crippen LogP) is 4.39. The first-order chi connectivity index (χ1) is 9.05. The molecule has 0 aromatic heterocycles. The maximum atomic E-state index is 6.15. The van der Waals surface area contributed by atoms with Crippen molar-refractivity contribution in [2.45, 2.75) is 85.3 Å². The zero-order valence-electron chi connectivity index (χ0n) is 13.8. The maximum absolute atomic E-state index is 6.15. The normalized spacial score (nSPS) is 28.6. The molecule has 1 rings (SSSR count). The van der Waals surface area contributed by atoms with Gasteiger partial charge in [-0.25, -0.2) is 0 Å². The highest BCUT2D eigenvalue weighted by Crippen LogP contribution is 2.41. The molecular formula is C17H35NO. The van der Waals surface area contributed by atoms with Crippen molar-refractivity contribution in [1.29, 1.82) is 0 Å². The van der Waals surface area contributed by atoms with E-state index in [0.29, 0.717) is 17.6 Å². The van der Waals surface area contributed by atoms with Gasteiger partial charge in [0.15, 0.2) is 0 Å². The van der Waals surface area contributed by atoms with Gasteiger partial charge in [-0.15, -0.1) is 0 Å². The average molecular weight is 269 g/mol. The van der Waals surface area contributed by atoms with E-state index in [1.165, 1.54) is 32.1 Å². The van der Waals surface area contributed by atoms with E-state index in [9.17, 15) is 0 Å². The fourth-order valence-electron chi connectivity index (χ4n) is 3.14. The van der Waals surface area contributed by atoms with Gasteiger partial charge in [-0.05, 0) is 50.0 Å². The Morgan fingerprint density at radius 1 is 1.11 bits per heavy atom. The van der Waals surface area contributed by atoms with Crippen LogP contribution in [-0.2, 0) is 4.74 Å². The molecule has 0 aromatic carbocycles. The highest BCUT2D eigenvalue weighted by molar-refractivity contribution is 4.90. The highest BCUT2D eigenvalue weighted by Gasteiger charge is 2.37. The van der Waals surface area contributed by atoms with Gasteiger partial charge in [0.25, 0.3) is 0 Å². The minimum atomic E-state index is 0.427. The Hall–Kier alpha value is -0.0800. The fraction of sp³-hybridized carbons (Fsp3) is 1.00. The first kappa shape index (κ1) is 17.0. The third-order valence-electron chi connectivity index (χ3n) is 5.00. The van der Waals surface area contributed by atoms with Crippen molar-refractivity contribution in [2.24, 2.45) is 11.3 Å². The first-order valence-electron chi connectivity index (χ1n) is 8.40. The van der Waals surface area contributed by atoms with E-state index in [2.05, 4.69) is 39.9 Å². The molecule has 0 spiro atoms.